The minimum absolute atomic E-state index is 0.00923. The van der Waals surface area contributed by atoms with Gasteiger partial charge in [0.15, 0.2) is 0 Å². The summed E-state index contributed by atoms with van der Waals surface area (Å²) in [7, 11) is -3.90. The van der Waals surface area contributed by atoms with E-state index in [-0.39, 0.29) is 22.1 Å². The van der Waals surface area contributed by atoms with E-state index in [1.165, 1.54) is 18.2 Å². The lowest BCUT2D eigenvalue weighted by molar-refractivity contribution is -0.137. The SMILES string of the molecule is O=C(Nc1cccc(C(F)(F)F)c1)c1cnc(NS(=O)(=O)c2ccccc2)nc1. The van der Waals surface area contributed by atoms with Crippen molar-refractivity contribution in [1.82, 2.24) is 9.97 Å². The lowest BCUT2D eigenvalue weighted by Gasteiger charge is -2.10. The number of carbonyl (C=O) groups excluding carboxylic acids is 1. The zero-order valence-corrected chi connectivity index (χ0v) is 15.3. The summed E-state index contributed by atoms with van der Waals surface area (Å²) < 4.78 is 64.8. The van der Waals surface area contributed by atoms with Gasteiger partial charge in [-0.05, 0) is 30.3 Å². The molecule has 29 heavy (non-hydrogen) atoms. The highest BCUT2D eigenvalue weighted by atomic mass is 32.2. The van der Waals surface area contributed by atoms with E-state index in [1.54, 1.807) is 18.2 Å². The van der Waals surface area contributed by atoms with Crippen LogP contribution in [-0.2, 0) is 16.2 Å². The molecular formula is C18H13F3N4O3S. The van der Waals surface area contributed by atoms with Crippen LogP contribution in [0.1, 0.15) is 15.9 Å². The van der Waals surface area contributed by atoms with E-state index in [1.807, 2.05) is 0 Å². The Labute approximate surface area is 163 Å². The van der Waals surface area contributed by atoms with Gasteiger partial charge in [0.1, 0.15) is 0 Å². The van der Waals surface area contributed by atoms with Crippen LogP contribution in [0.4, 0.5) is 24.8 Å². The van der Waals surface area contributed by atoms with Gasteiger partial charge in [0.05, 0.1) is 16.0 Å². The predicted molar refractivity (Wildman–Crippen MR) is 98.7 cm³/mol. The van der Waals surface area contributed by atoms with Gasteiger partial charge in [0.2, 0.25) is 5.95 Å². The normalized spacial score (nSPS) is 11.7. The second-order valence-corrected chi connectivity index (χ2v) is 7.43. The lowest BCUT2D eigenvalue weighted by Crippen LogP contribution is -2.17. The van der Waals surface area contributed by atoms with Gasteiger partial charge < -0.3 is 5.32 Å². The molecule has 0 saturated carbocycles. The van der Waals surface area contributed by atoms with Crippen LogP contribution in [0.15, 0.2) is 71.9 Å². The molecule has 0 fully saturated rings. The second kappa shape index (κ2) is 7.87. The molecule has 0 unspecified atom stereocenters. The van der Waals surface area contributed by atoms with Crippen molar-refractivity contribution in [2.75, 3.05) is 10.0 Å². The molecule has 1 amide bonds. The number of anilines is 2. The largest absolute Gasteiger partial charge is 0.416 e. The van der Waals surface area contributed by atoms with Crippen LogP contribution >= 0.6 is 0 Å². The molecule has 150 valence electrons. The van der Waals surface area contributed by atoms with Crippen LogP contribution < -0.4 is 10.0 Å². The van der Waals surface area contributed by atoms with Crippen LogP contribution in [-0.4, -0.2) is 24.3 Å². The summed E-state index contributed by atoms with van der Waals surface area (Å²) in [4.78, 5) is 19.7. The zero-order chi connectivity index (χ0) is 21.1. The summed E-state index contributed by atoms with van der Waals surface area (Å²) in [6.07, 6.45) is -2.43. The molecule has 7 nitrogen and oxygen atoms in total. The summed E-state index contributed by atoms with van der Waals surface area (Å²) in [5.41, 5.74) is -1.03. The van der Waals surface area contributed by atoms with Crippen molar-refractivity contribution in [1.29, 1.82) is 0 Å². The van der Waals surface area contributed by atoms with Crippen LogP contribution in [0.5, 0.6) is 0 Å². The lowest BCUT2D eigenvalue weighted by atomic mass is 10.2. The van der Waals surface area contributed by atoms with E-state index in [4.69, 9.17) is 0 Å². The van der Waals surface area contributed by atoms with E-state index < -0.39 is 27.7 Å². The van der Waals surface area contributed by atoms with Gasteiger partial charge in [0.25, 0.3) is 15.9 Å². The summed E-state index contributed by atoms with van der Waals surface area (Å²) >= 11 is 0. The van der Waals surface area contributed by atoms with Gasteiger partial charge in [-0.25, -0.2) is 23.1 Å². The molecule has 3 aromatic rings. The molecule has 0 atom stereocenters. The Morgan fingerprint density at radius 1 is 0.931 bits per heavy atom. The first-order valence-electron chi connectivity index (χ1n) is 8.04. The number of sulfonamides is 1. The summed E-state index contributed by atoms with van der Waals surface area (Å²) in [6, 6.07) is 11.7. The number of aromatic nitrogens is 2. The molecule has 11 heteroatoms. The molecule has 0 radical (unpaired) electrons. The standard InChI is InChI=1S/C18H13F3N4O3S/c19-18(20,21)13-5-4-6-14(9-13)24-16(26)12-10-22-17(23-11-12)25-29(27,28)15-7-2-1-3-8-15/h1-11H,(H,24,26)(H,22,23,25). The molecule has 0 aliphatic carbocycles. The molecule has 0 aliphatic rings. The Kier molecular flexibility index (Phi) is 5.50. The van der Waals surface area contributed by atoms with Gasteiger partial charge in [0, 0.05) is 18.1 Å². The van der Waals surface area contributed by atoms with Crippen molar-refractivity contribution in [3.05, 3.63) is 78.1 Å². The topological polar surface area (TPSA) is 101 Å². The molecule has 0 bridgehead atoms. The third-order valence-electron chi connectivity index (χ3n) is 3.64. The molecule has 0 spiro atoms. The molecule has 2 N–H and O–H groups in total. The van der Waals surface area contributed by atoms with Crippen molar-refractivity contribution < 1.29 is 26.4 Å². The van der Waals surface area contributed by atoms with Crippen LogP contribution in [0.25, 0.3) is 0 Å². The van der Waals surface area contributed by atoms with Crippen LogP contribution in [0.2, 0.25) is 0 Å². The molecule has 2 aromatic carbocycles. The van der Waals surface area contributed by atoms with Crippen molar-refractivity contribution in [3.8, 4) is 0 Å². The summed E-state index contributed by atoms with van der Waals surface area (Å²) in [5, 5.41) is 2.31. The first-order valence-corrected chi connectivity index (χ1v) is 9.52. The van der Waals surface area contributed by atoms with Crippen LogP contribution in [0, 0.1) is 0 Å². The maximum atomic E-state index is 12.7. The van der Waals surface area contributed by atoms with Crippen molar-refractivity contribution >= 4 is 27.6 Å². The Hall–Kier alpha value is -3.47. The number of nitrogens with one attached hydrogen (secondary N) is 2. The fourth-order valence-corrected chi connectivity index (χ4v) is 3.23. The number of halogens is 3. The van der Waals surface area contributed by atoms with Gasteiger partial charge in [-0.15, -0.1) is 0 Å². The fraction of sp³-hybridized carbons (Fsp3) is 0.0556. The average molecular weight is 422 g/mol. The molecule has 3 rings (SSSR count). The molecule has 0 saturated heterocycles. The van der Waals surface area contributed by atoms with Crippen molar-refractivity contribution in [3.63, 3.8) is 0 Å². The number of nitrogens with zero attached hydrogens (tertiary/aromatic N) is 2. The number of alkyl halides is 3. The maximum absolute atomic E-state index is 12.7. The highest BCUT2D eigenvalue weighted by molar-refractivity contribution is 7.92. The van der Waals surface area contributed by atoms with E-state index in [0.717, 1.165) is 30.6 Å². The average Bonchev–Trinajstić information content (AvgIpc) is 2.68. The Bertz CT molecular complexity index is 1120. The van der Waals surface area contributed by atoms with Gasteiger partial charge >= 0.3 is 6.18 Å². The minimum atomic E-state index is -4.54. The number of hydrogen-bond donors (Lipinski definition) is 2. The molecule has 0 aliphatic heterocycles. The van der Waals surface area contributed by atoms with E-state index in [9.17, 15) is 26.4 Å². The molecular weight excluding hydrogens is 409 g/mol. The van der Waals surface area contributed by atoms with Gasteiger partial charge in [-0.2, -0.15) is 13.2 Å². The minimum Gasteiger partial charge on any atom is -0.322 e. The third kappa shape index (κ3) is 5.08. The van der Waals surface area contributed by atoms with Crippen molar-refractivity contribution in [2.45, 2.75) is 11.1 Å². The molecule has 1 heterocycles. The first-order chi connectivity index (χ1) is 13.6. The number of carbonyl (C=O) groups is 1. The molecule has 1 aromatic heterocycles. The van der Waals surface area contributed by atoms with Crippen LogP contribution in [0.3, 0.4) is 0 Å². The zero-order valence-electron chi connectivity index (χ0n) is 14.5. The fourth-order valence-electron chi connectivity index (χ4n) is 2.25. The van der Waals surface area contributed by atoms with E-state index in [0.29, 0.717) is 0 Å². The number of rotatable bonds is 5. The van der Waals surface area contributed by atoms with E-state index in [2.05, 4.69) is 20.0 Å². The maximum Gasteiger partial charge on any atom is 0.416 e. The van der Waals surface area contributed by atoms with Gasteiger partial charge in [-0.3, -0.25) is 4.79 Å². The smallest absolute Gasteiger partial charge is 0.322 e. The van der Waals surface area contributed by atoms with Crippen molar-refractivity contribution in [2.24, 2.45) is 0 Å². The Balaban J connectivity index is 1.71. The third-order valence-corrected chi connectivity index (χ3v) is 4.99. The predicted octanol–water partition coefficient (Wildman–Crippen LogP) is 3.55. The highest BCUT2D eigenvalue weighted by Crippen LogP contribution is 2.30. The highest BCUT2D eigenvalue weighted by Gasteiger charge is 2.30. The number of hydrogen-bond acceptors (Lipinski definition) is 5. The Morgan fingerprint density at radius 3 is 2.21 bits per heavy atom. The first kappa shape index (κ1) is 20.3. The quantitative estimate of drug-likeness (QED) is 0.655. The summed E-state index contributed by atoms with van der Waals surface area (Å²) in [5.74, 6) is -1.01. The van der Waals surface area contributed by atoms with E-state index >= 15 is 0 Å². The summed E-state index contributed by atoms with van der Waals surface area (Å²) in [6.45, 7) is 0. The monoisotopic (exact) mass is 422 g/mol. The van der Waals surface area contributed by atoms with Gasteiger partial charge in [-0.1, -0.05) is 24.3 Å². The number of benzene rings is 2. The Morgan fingerprint density at radius 2 is 1.59 bits per heavy atom. The second-order valence-electron chi connectivity index (χ2n) is 5.75. The number of amides is 1.